The summed E-state index contributed by atoms with van der Waals surface area (Å²) in [5, 5.41) is 1.73. The van der Waals surface area contributed by atoms with Crippen molar-refractivity contribution in [3.8, 4) is 61.6 Å². The number of nitrogens with zero attached hydrogens (tertiary/aromatic N) is 5. The van der Waals surface area contributed by atoms with Crippen molar-refractivity contribution in [2.45, 2.75) is 209 Å². The number of fused-ring (bicyclic) bond motifs is 13. The second kappa shape index (κ2) is 29.5. The summed E-state index contributed by atoms with van der Waals surface area (Å²) < 4.78 is 162. The molecule has 0 amide bonds. The average molecular weight is 1690 g/mol. The molecule has 0 spiro atoms. The Kier molecular flexibility index (Phi) is 15.4. The molecule has 0 fully saturated rings. The van der Waals surface area contributed by atoms with Crippen molar-refractivity contribution >= 4 is 123 Å². The van der Waals surface area contributed by atoms with Crippen LogP contribution in [0.25, 0.3) is 127 Å². The van der Waals surface area contributed by atoms with Crippen LogP contribution in [-0.2, 0) is 43.3 Å². The van der Waals surface area contributed by atoms with E-state index in [0.717, 1.165) is 144 Å². The van der Waals surface area contributed by atoms with Gasteiger partial charge < -0.3 is 23.5 Å². The van der Waals surface area contributed by atoms with E-state index in [2.05, 4.69) is 363 Å². The lowest BCUT2D eigenvalue weighted by molar-refractivity contribution is 0.568. The maximum Gasteiger partial charge on any atom is 0.252 e. The highest BCUT2D eigenvalue weighted by Gasteiger charge is 2.47. The third-order valence-corrected chi connectivity index (χ3v) is 27.0. The van der Waals surface area contributed by atoms with Gasteiger partial charge in [0.25, 0.3) is 6.71 Å². The number of hydrogen-bond donors (Lipinski definition) is 0. The number of rotatable bonds is 9. The first-order valence-electron chi connectivity index (χ1n) is 53.2. The SMILES string of the molecule is [2H]c1c([2H])c([2H])c2c(c1[2H])c1c([2H])c([2H])c([2H])c([2H])c1n2-c1ccc2c(c1)N(c1c(-c3ccc(C(C)(C)C)cc3)cccc1-c1cc(C(C)(C)C)cc(C(C)(C)C)c1)c1cc(-n3c4ccc(C(C)(C)C)cc4c4cc(C(C)(C)C)ccc43)cc3c1B2c1ccc(-n2c4c([2H])c([2H])c([2H])c([2H])c4c4c([2H])c([2H])c([2H])c([2H])c42)cc1N3c1c(-c2ccc(C(C)(C)C)cc2)cccc1-c1ccc(C(C)(C)C)cc1C(C)(C)C. The Morgan fingerprint density at radius 2 is 0.547 bits per heavy atom. The van der Waals surface area contributed by atoms with Crippen LogP contribution in [0.2, 0.25) is 0 Å². The van der Waals surface area contributed by atoms with Gasteiger partial charge in [0, 0.05) is 88.7 Å². The monoisotopic (exact) mass is 1680 g/mol. The van der Waals surface area contributed by atoms with Gasteiger partial charge in [-0.05, 0) is 211 Å². The average Bonchev–Trinajstić information content (AvgIpc) is 0.924. The molecule has 6 heteroatoms. The fourth-order valence-corrected chi connectivity index (χ4v) is 19.7. The maximum absolute atomic E-state index is 10.2. The van der Waals surface area contributed by atoms with E-state index in [1.54, 1.807) is 9.13 Å². The zero-order chi connectivity index (χ0) is 104. The molecule has 0 bridgehead atoms. The molecule has 128 heavy (non-hydrogen) atoms. The molecule has 5 nitrogen and oxygen atoms in total. The van der Waals surface area contributed by atoms with Crippen molar-refractivity contribution in [3.05, 3.63) is 347 Å². The molecule has 18 aromatic rings. The molecule has 0 saturated carbocycles. The summed E-state index contributed by atoms with van der Waals surface area (Å²) in [6.45, 7) is 52.9. The first kappa shape index (κ1) is 66.7. The molecule has 638 valence electrons. The van der Waals surface area contributed by atoms with Crippen LogP contribution in [0.4, 0.5) is 34.1 Å². The Balaban J connectivity index is 1.07. The molecule has 0 saturated heterocycles. The molecule has 3 aromatic heterocycles. The highest BCUT2D eigenvalue weighted by atomic mass is 15.2. The van der Waals surface area contributed by atoms with E-state index >= 15 is 0 Å². The van der Waals surface area contributed by atoms with E-state index < -0.39 is 120 Å². The van der Waals surface area contributed by atoms with E-state index in [0.29, 0.717) is 34.1 Å². The number of para-hydroxylation sites is 6. The molecule has 0 unspecified atom stereocenters. The van der Waals surface area contributed by atoms with Gasteiger partial charge in [0.05, 0.1) is 72.1 Å². The van der Waals surface area contributed by atoms with E-state index in [4.69, 9.17) is 0 Å². The highest BCUT2D eigenvalue weighted by Crippen LogP contribution is 2.57. The Bertz CT molecular complexity index is 8340. The second-order valence-corrected chi connectivity index (χ2v) is 44.0. The summed E-state index contributed by atoms with van der Waals surface area (Å²) in [6, 6.07) is 66.9. The van der Waals surface area contributed by atoms with Crippen LogP contribution in [0.15, 0.2) is 303 Å². The van der Waals surface area contributed by atoms with E-state index in [1.165, 1.54) is 0 Å². The molecule has 15 aromatic carbocycles. The summed E-state index contributed by atoms with van der Waals surface area (Å²) in [5.41, 5.74) is 22.5. The Hall–Kier alpha value is -12.6. The lowest BCUT2D eigenvalue weighted by atomic mass is 9.33. The number of anilines is 6. The van der Waals surface area contributed by atoms with Gasteiger partial charge in [-0.3, -0.25) is 0 Å². The van der Waals surface area contributed by atoms with Crippen molar-refractivity contribution in [3.63, 3.8) is 0 Å². The largest absolute Gasteiger partial charge is 0.310 e. The molecule has 5 heterocycles. The predicted molar refractivity (Wildman–Crippen MR) is 555 cm³/mol. The molecule has 0 aliphatic carbocycles. The molecular weight excluding hydrogens is 1550 g/mol. The Labute approximate surface area is 782 Å². The van der Waals surface area contributed by atoms with Gasteiger partial charge in [-0.1, -0.05) is 384 Å². The molecule has 0 N–H and O–H groups in total. The maximum atomic E-state index is 10.2. The summed E-state index contributed by atoms with van der Waals surface area (Å²) in [6.07, 6.45) is 0. The lowest BCUT2D eigenvalue weighted by Crippen LogP contribution is -2.61. The molecular formula is C122H122BN5. The van der Waals surface area contributed by atoms with Gasteiger partial charge in [0.2, 0.25) is 0 Å². The van der Waals surface area contributed by atoms with Gasteiger partial charge in [-0.25, -0.2) is 0 Å². The molecule has 20 rings (SSSR count). The van der Waals surface area contributed by atoms with Crippen LogP contribution in [0.3, 0.4) is 0 Å². The van der Waals surface area contributed by atoms with Crippen LogP contribution in [0.5, 0.6) is 0 Å². The van der Waals surface area contributed by atoms with E-state index in [9.17, 15) is 21.9 Å². The summed E-state index contributed by atoms with van der Waals surface area (Å²) in [4.78, 5) is 4.84. The Morgan fingerprint density at radius 1 is 0.227 bits per heavy atom. The van der Waals surface area contributed by atoms with Gasteiger partial charge in [-0.2, -0.15) is 0 Å². The smallest absolute Gasteiger partial charge is 0.252 e. The minimum atomic E-state index is -0.872. The predicted octanol–water partition coefficient (Wildman–Crippen LogP) is 32.1. The van der Waals surface area contributed by atoms with E-state index in [1.807, 2.05) is 24.3 Å². The van der Waals surface area contributed by atoms with Crippen LogP contribution in [-0.4, -0.2) is 20.4 Å². The minimum absolute atomic E-state index is 0.0594. The third-order valence-electron chi connectivity index (χ3n) is 27.0. The highest BCUT2D eigenvalue weighted by molar-refractivity contribution is 7.00. The van der Waals surface area contributed by atoms with Crippen molar-refractivity contribution in [1.82, 2.24) is 13.7 Å². The first-order valence-corrected chi connectivity index (χ1v) is 45.2. The number of aromatic nitrogens is 3. The molecule has 0 radical (unpaired) electrons. The van der Waals surface area contributed by atoms with Crippen LogP contribution < -0.4 is 26.2 Å². The van der Waals surface area contributed by atoms with Gasteiger partial charge in [0.1, 0.15) is 0 Å². The van der Waals surface area contributed by atoms with Crippen LogP contribution in [0.1, 0.15) is 233 Å². The number of hydrogen-bond acceptors (Lipinski definition) is 2. The van der Waals surface area contributed by atoms with Gasteiger partial charge in [0.15, 0.2) is 0 Å². The second-order valence-electron chi connectivity index (χ2n) is 44.0. The summed E-state index contributed by atoms with van der Waals surface area (Å²) >= 11 is 0. The van der Waals surface area contributed by atoms with Crippen LogP contribution >= 0.6 is 0 Å². The normalized spacial score (nSPS) is 15.3. The van der Waals surface area contributed by atoms with Crippen molar-refractivity contribution in [2.75, 3.05) is 9.80 Å². The fraction of sp³-hybridized carbons (Fsp3) is 0.262. The summed E-state index contributed by atoms with van der Waals surface area (Å²) in [7, 11) is 0. The topological polar surface area (TPSA) is 21.3 Å². The van der Waals surface area contributed by atoms with Crippen molar-refractivity contribution < 1.29 is 21.9 Å². The van der Waals surface area contributed by atoms with Crippen LogP contribution in [0, 0.1) is 0 Å². The first-order chi connectivity index (χ1) is 67.2. The van der Waals surface area contributed by atoms with Crippen molar-refractivity contribution in [2.24, 2.45) is 0 Å². The Morgan fingerprint density at radius 3 is 0.922 bits per heavy atom. The zero-order valence-electron chi connectivity index (χ0n) is 94.4. The third kappa shape index (κ3) is 13.9. The van der Waals surface area contributed by atoms with Gasteiger partial charge in [-0.15, -0.1) is 0 Å². The fourth-order valence-electron chi connectivity index (χ4n) is 19.7. The summed E-state index contributed by atoms with van der Waals surface area (Å²) in [5.74, 6) is 0. The molecule has 2 aliphatic rings. The zero-order valence-corrected chi connectivity index (χ0v) is 78.4. The van der Waals surface area contributed by atoms with E-state index in [-0.39, 0.29) is 70.7 Å². The lowest BCUT2D eigenvalue weighted by Gasteiger charge is -2.46. The van der Waals surface area contributed by atoms with Crippen molar-refractivity contribution in [1.29, 1.82) is 0 Å². The number of benzene rings is 15. The molecule has 2 aliphatic heterocycles. The standard InChI is InChI=1S/C122H122BN5/c1-115(2,3)78-51-47-75(48-52-78)88-39-33-41-90(77-65-83(120(16,17)18)67-84(66-77)121(19,20)21)113(88)127-108-71-85(124-102-43-29-25-35-92(102)93-36-26-30-44-103(93)124)58-61-100(108)123-101-62-59-86(125-104-45-31-27-37-94(104)95-38-28-32-46-105(95)125)72-109(101)128(111-74-87(73-110(127)112(111)123)126-106-63-56-80(117(7,8)9)68-97(106)98-69-81(118(10,11)12)57-64-107(98)126)114-89(76-49-53-79(54-50-76)116(4,5)6)40-34-42-96(114)91-60-55-82(119(13,14)15)70-99(91)122(22,23)24/h25-74H,1-24H3/i25D,26D,27D,28D,29D,30D,31D,32D,35D,36D,37D,38D,43D,44D,45D,46D. The minimum Gasteiger partial charge on any atom is -0.310 e. The molecule has 0 atom stereocenters. The van der Waals surface area contributed by atoms with Gasteiger partial charge >= 0.3 is 0 Å². The quantitative estimate of drug-likeness (QED) is 0.134.